The van der Waals surface area contributed by atoms with Crippen molar-refractivity contribution in [3.63, 3.8) is 0 Å². The number of carbonyl (C=O) groups is 3. The van der Waals surface area contributed by atoms with Gasteiger partial charge in [0.2, 0.25) is 0 Å². The van der Waals surface area contributed by atoms with E-state index >= 15 is 0 Å². The lowest BCUT2D eigenvalue weighted by molar-refractivity contribution is -0.138. The molecule has 1 aliphatic carbocycles. The van der Waals surface area contributed by atoms with Gasteiger partial charge in [-0.05, 0) is 43.7 Å². The van der Waals surface area contributed by atoms with Crippen molar-refractivity contribution < 1.29 is 29.3 Å². The van der Waals surface area contributed by atoms with Crippen LogP contribution in [-0.2, 0) is 33.8 Å². The van der Waals surface area contributed by atoms with Crippen molar-refractivity contribution in [2.75, 3.05) is 0 Å². The van der Waals surface area contributed by atoms with Gasteiger partial charge in [0, 0.05) is 30.4 Å². The van der Waals surface area contributed by atoms with E-state index in [1.54, 1.807) is 6.92 Å². The van der Waals surface area contributed by atoms with Crippen LogP contribution in [0.2, 0.25) is 0 Å². The van der Waals surface area contributed by atoms with E-state index < -0.39 is 11.9 Å². The maximum Gasteiger partial charge on any atom is 0.342 e. The van der Waals surface area contributed by atoms with Gasteiger partial charge in [-0.25, -0.2) is 4.79 Å². The third-order valence-corrected chi connectivity index (χ3v) is 5.77. The summed E-state index contributed by atoms with van der Waals surface area (Å²) in [5, 5.41) is 20.0. The predicted molar refractivity (Wildman–Crippen MR) is 106 cm³/mol. The average Bonchev–Trinajstić information content (AvgIpc) is 3.05. The Bertz CT molecular complexity index is 972. The number of aliphatic carboxylic acids is 1. The van der Waals surface area contributed by atoms with Gasteiger partial charge in [-0.15, -0.1) is 5.92 Å². The minimum absolute atomic E-state index is 0.0753. The van der Waals surface area contributed by atoms with E-state index in [1.807, 2.05) is 13.0 Å². The first-order valence-electron chi connectivity index (χ1n) is 9.68. The zero-order valence-electron chi connectivity index (χ0n) is 16.6. The number of Topliss-reactive ketones (excluding diaryl/α,β-unsaturated/α-hetero) is 1. The first-order valence-corrected chi connectivity index (χ1v) is 9.68. The van der Waals surface area contributed by atoms with E-state index in [1.165, 1.54) is 0 Å². The summed E-state index contributed by atoms with van der Waals surface area (Å²) in [4.78, 5) is 35.1. The van der Waals surface area contributed by atoms with Gasteiger partial charge < -0.3 is 14.9 Å². The number of carboxylic acids is 1. The van der Waals surface area contributed by atoms with Gasteiger partial charge in [0.05, 0.1) is 6.42 Å². The maximum atomic E-state index is 12.1. The molecule has 6 nitrogen and oxygen atoms in total. The van der Waals surface area contributed by atoms with Crippen molar-refractivity contribution in [2.24, 2.45) is 5.92 Å². The average molecular weight is 396 g/mol. The number of phenolic OH excluding ortho intramolecular Hbond substituents is 1. The molecule has 1 aromatic carbocycles. The third kappa shape index (κ3) is 4.19. The molecule has 1 atom stereocenters. The van der Waals surface area contributed by atoms with Crippen molar-refractivity contribution >= 4 is 17.7 Å². The minimum Gasteiger partial charge on any atom is -0.507 e. The number of phenols is 1. The Morgan fingerprint density at radius 2 is 2.03 bits per heavy atom. The van der Waals surface area contributed by atoms with E-state index in [0.717, 1.165) is 16.7 Å². The first-order chi connectivity index (χ1) is 13.8. The first kappa shape index (κ1) is 20.7. The summed E-state index contributed by atoms with van der Waals surface area (Å²) in [6, 6.07) is 0. The summed E-state index contributed by atoms with van der Waals surface area (Å²) in [7, 11) is 0. The summed E-state index contributed by atoms with van der Waals surface area (Å²) < 4.78 is 5.11. The van der Waals surface area contributed by atoms with Crippen molar-refractivity contribution in [3.05, 3.63) is 39.5 Å². The number of aromatic hydroxyl groups is 1. The van der Waals surface area contributed by atoms with E-state index in [0.29, 0.717) is 36.8 Å². The summed E-state index contributed by atoms with van der Waals surface area (Å²) in [5.41, 5.74) is 4.20. The number of hydrogen-bond donors (Lipinski definition) is 2. The SMILES string of the molecule is CC#CCc1c(C)c2c(c(O)c1CC=C1CCC(=O)CC1CC(=O)O)C(=O)OC2. The van der Waals surface area contributed by atoms with Gasteiger partial charge in [0.1, 0.15) is 23.7 Å². The number of ether oxygens (including phenoxy) is 1. The van der Waals surface area contributed by atoms with Gasteiger partial charge in [0.15, 0.2) is 0 Å². The highest BCUT2D eigenvalue weighted by Crippen LogP contribution is 2.39. The van der Waals surface area contributed by atoms with Crippen LogP contribution in [0, 0.1) is 24.7 Å². The number of carboxylic acid groups (broad SMARTS) is 1. The number of fused-ring (bicyclic) bond motifs is 1. The molecule has 3 rings (SSSR count). The quantitative estimate of drug-likeness (QED) is 0.450. The Balaban J connectivity index is 2.02. The lowest BCUT2D eigenvalue weighted by atomic mass is 9.80. The number of esters is 1. The molecule has 1 saturated carbocycles. The molecule has 152 valence electrons. The van der Waals surface area contributed by atoms with Crippen LogP contribution in [0.15, 0.2) is 11.6 Å². The second-order valence-electron chi connectivity index (χ2n) is 7.48. The van der Waals surface area contributed by atoms with Gasteiger partial charge in [-0.2, -0.15) is 0 Å². The van der Waals surface area contributed by atoms with Crippen LogP contribution < -0.4 is 0 Å². The van der Waals surface area contributed by atoms with Crippen molar-refractivity contribution in [3.8, 4) is 17.6 Å². The number of ketones is 1. The Morgan fingerprint density at radius 1 is 1.28 bits per heavy atom. The van der Waals surface area contributed by atoms with E-state index in [4.69, 9.17) is 9.84 Å². The van der Waals surface area contributed by atoms with E-state index in [2.05, 4.69) is 11.8 Å². The number of hydrogen-bond acceptors (Lipinski definition) is 5. The molecule has 6 heteroatoms. The molecule has 0 spiro atoms. The second-order valence-corrected chi connectivity index (χ2v) is 7.48. The van der Waals surface area contributed by atoms with E-state index in [-0.39, 0.29) is 42.5 Å². The van der Waals surface area contributed by atoms with Gasteiger partial charge >= 0.3 is 11.9 Å². The Kier molecular flexibility index (Phi) is 6.07. The molecule has 2 aliphatic rings. The molecule has 29 heavy (non-hydrogen) atoms. The van der Waals surface area contributed by atoms with Crippen LogP contribution in [0.3, 0.4) is 0 Å². The molecule has 0 amide bonds. The predicted octanol–water partition coefficient (Wildman–Crippen LogP) is 3.25. The number of allylic oxidation sites excluding steroid dienone is 2. The number of rotatable bonds is 5. The maximum absolute atomic E-state index is 12.1. The van der Waals surface area contributed by atoms with Crippen LogP contribution >= 0.6 is 0 Å². The molecule has 1 unspecified atom stereocenters. The largest absolute Gasteiger partial charge is 0.507 e. The molecule has 2 N–H and O–H groups in total. The summed E-state index contributed by atoms with van der Waals surface area (Å²) in [6.07, 6.45) is 3.75. The molecule has 1 heterocycles. The monoisotopic (exact) mass is 396 g/mol. The van der Waals surface area contributed by atoms with Crippen LogP contribution in [0.4, 0.5) is 0 Å². The molecule has 1 aliphatic heterocycles. The zero-order chi connectivity index (χ0) is 21.1. The van der Waals surface area contributed by atoms with E-state index in [9.17, 15) is 19.5 Å². The standard InChI is InChI=1S/C23H24O6/c1-3-4-5-17-13(2)19-12-29-23(28)21(19)22(27)18(17)9-7-14-6-8-16(24)10-15(14)11-20(25)26/h7,15,27H,5-6,8-12H2,1-2H3,(H,25,26). The highest BCUT2D eigenvalue weighted by Gasteiger charge is 2.31. The van der Waals surface area contributed by atoms with Crippen molar-refractivity contribution in [1.82, 2.24) is 0 Å². The molecule has 0 aromatic heterocycles. The summed E-state index contributed by atoms with van der Waals surface area (Å²) in [6.45, 7) is 3.78. The molecule has 0 saturated heterocycles. The van der Waals surface area contributed by atoms with Gasteiger partial charge in [-0.1, -0.05) is 17.6 Å². The highest BCUT2D eigenvalue weighted by atomic mass is 16.5. The normalized spacial score (nSPS) is 19.5. The second kappa shape index (κ2) is 8.52. The number of carbonyl (C=O) groups excluding carboxylic acids is 2. The lowest BCUT2D eigenvalue weighted by Gasteiger charge is -2.24. The van der Waals surface area contributed by atoms with Crippen LogP contribution in [0.25, 0.3) is 0 Å². The lowest BCUT2D eigenvalue weighted by Crippen LogP contribution is -2.20. The molecule has 1 aromatic rings. The van der Waals surface area contributed by atoms with Crippen molar-refractivity contribution in [2.45, 2.75) is 59.0 Å². The van der Waals surface area contributed by atoms with Crippen molar-refractivity contribution in [1.29, 1.82) is 0 Å². The number of cyclic esters (lactones) is 1. The minimum atomic E-state index is -0.937. The molecule has 0 radical (unpaired) electrons. The fourth-order valence-corrected chi connectivity index (χ4v) is 4.19. The van der Waals surface area contributed by atoms with Crippen LogP contribution in [0.5, 0.6) is 5.75 Å². The fraction of sp³-hybridized carbons (Fsp3) is 0.435. The molecule has 0 bridgehead atoms. The highest BCUT2D eigenvalue weighted by molar-refractivity contribution is 5.97. The molecule has 1 fully saturated rings. The van der Waals surface area contributed by atoms with Crippen LogP contribution in [-0.4, -0.2) is 27.9 Å². The Labute approximate surface area is 169 Å². The van der Waals surface area contributed by atoms with Gasteiger partial charge in [-0.3, -0.25) is 9.59 Å². The summed E-state index contributed by atoms with van der Waals surface area (Å²) in [5.74, 6) is 4.08. The topological polar surface area (TPSA) is 101 Å². The Hall–Kier alpha value is -3.07. The molecular formula is C23H24O6. The number of benzene rings is 1. The smallest absolute Gasteiger partial charge is 0.342 e. The summed E-state index contributed by atoms with van der Waals surface area (Å²) >= 11 is 0. The van der Waals surface area contributed by atoms with Crippen LogP contribution in [0.1, 0.15) is 65.2 Å². The molecular weight excluding hydrogens is 372 g/mol. The zero-order valence-corrected chi connectivity index (χ0v) is 16.6. The van der Waals surface area contributed by atoms with Gasteiger partial charge in [0.25, 0.3) is 0 Å². The Morgan fingerprint density at radius 3 is 2.72 bits per heavy atom. The third-order valence-electron chi connectivity index (χ3n) is 5.77. The fourth-order valence-electron chi connectivity index (χ4n) is 4.19.